The molecule has 0 aliphatic rings. The fourth-order valence-corrected chi connectivity index (χ4v) is 2.11. The first-order valence-corrected chi connectivity index (χ1v) is 5.93. The minimum Gasteiger partial charge on any atom is -0.371 e. The summed E-state index contributed by atoms with van der Waals surface area (Å²) < 4.78 is 0. The maximum atomic E-state index is 5.96. The molecule has 84 valence electrons. The van der Waals surface area contributed by atoms with Gasteiger partial charge in [0, 0.05) is 35.4 Å². The maximum Gasteiger partial charge on any atom is 0.0737 e. The Morgan fingerprint density at radius 1 is 1.19 bits per heavy atom. The van der Waals surface area contributed by atoms with Gasteiger partial charge in [0.25, 0.3) is 0 Å². The average Bonchev–Trinajstić information content (AvgIpc) is 2.30. The van der Waals surface area contributed by atoms with Crippen molar-refractivity contribution in [3.8, 4) is 0 Å². The SMILES string of the molecule is CCN(CC)c1ccnc2cc(Cl)ccc12. The minimum absolute atomic E-state index is 0.733. The van der Waals surface area contributed by atoms with E-state index in [2.05, 4.69) is 29.8 Å². The number of aromatic nitrogens is 1. The van der Waals surface area contributed by atoms with Gasteiger partial charge >= 0.3 is 0 Å². The highest BCUT2D eigenvalue weighted by Crippen LogP contribution is 2.27. The molecule has 16 heavy (non-hydrogen) atoms. The Labute approximate surface area is 101 Å². The number of anilines is 1. The van der Waals surface area contributed by atoms with Crippen molar-refractivity contribution in [1.29, 1.82) is 0 Å². The standard InChI is InChI=1S/C13H15ClN2/c1-3-16(4-2)13-7-8-15-12-9-10(14)5-6-11(12)13/h5-9H,3-4H2,1-2H3. The van der Waals surface area contributed by atoms with Gasteiger partial charge in [-0.1, -0.05) is 11.6 Å². The van der Waals surface area contributed by atoms with Crippen molar-refractivity contribution in [1.82, 2.24) is 4.98 Å². The van der Waals surface area contributed by atoms with E-state index in [0.717, 1.165) is 29.0 Å². The Morgan fingerprint density at radius 2 is 1.94 bits per heavy atom. The zero-order valence-corrected chi connectivity index (χ0v) is 10.3. The number of hydrogen-bond acceptors (Lipinski definition) is 2. The van der Waals surface area contributed by atoms with Crippen LogP contribution in [-0.4, -0.2) is 18.1 Å². The van der Waals surface area contributed by atoms with E-state index in [-0.39, 0.29) is 0 Å². The van der Waals surface area contributed by atoms with Gasteiger partial charge in [0.15, 0.2) is 0 Å². The number of rotatable bonds is 3. The van der Waals surface area contributed by atoms with E-state index in [1.54, 1.807) is 0 Å². The molecule has 0 atom stereocenters. The number of fused-ring (bicyclic) bond motifs is 1. The molecule has 0 bridgehead atoms. The van der Waals surface area contributed by atoms with Crippen LogP contribution in [0.5, 0.6) is 0 Å². The first-order valence-electron chi connectivity index (χ1n) is 5.55. The maximum absolute atomic E-state index is 5.96. The van der Waals surface area contributed by atoms with Crippen LogP contribution in [0.3, 0.4) is 0 Å². The molecule has 0 fully saturated rings. The average molecular weight is 235 g/mol. The molecule has 2 nitrogen and oxygen atoms in total. The van der Waals surface area contributed by atoms with Gasteiger partial charge in [-0.2, -0.15) is 0 Å². The number of halogens is 1. The molecule has 2 aromatic rings. The van der Waals surface area contributed by atoms with Crippen LogP contribution in [0.25, 0.3) is 10.9 Å². The van der Waals surface area contributed by atoms with Crippen molar-refractivity contribution in [3.05, 3.63) is 35.5 Å². The number of hydrogen-bond donors (Lipinski definition) is 0. The van der Waals surface area contributed by atoms with Crippen molar-refractivity contribution < 1.29 is 0 Å². The Hall–Kier alpha value is -1.28. The predicted molar refractivity (Wildman–Crippen MR) is 70.3 cm³/mol. The molecule has 1 aromatic carbocycles. The van der Waals surface area contributed by atoms with Gasteiger partial charge in [0.1, 0.15) is 0 Å². The smallest absolute Gasteiger partial charge is 0.0737 e. The van der Waals surface area contributed by atoms with E-state index < -0.39 is 0 Å². The monoisotopic (exact) mass is 234 g/mol. The molecule has 3 heteroatoms. The Bertz CT molecular complexity index is 492. The first-order chi connectivity index (χ1) is 7.76. The molecule has 0 saturated carbocycles. The van der Waals surface area contributed by atoms with Crippen LogP contribution in [0, 0.1) is 0 Å². The van der Waals surface area contributed by atoms with Gasteiger partial charge < -0.3 is 4.90 Å². The van der Waals surface area contributed by atoms with E-state index in [1.807, 2.05) is 24.4 Å². The molecule has 0 aliphatic heterocycles. The molecule has 1 aromatic heterocycles. The van der Waals surface area contributed by atoms with Crippen molar-refractivity contribution in [2.75, 3.05) is 18.0 Å². The van der Waals surface area contributed by atoms with Crippen LogP contribution in [0.4, 0.5) is 5.69 Å². The Kier molecular flexibility index (Phi) is 3.30. The summed E-state index contributed by atoms with van der Waals surface area (Å²) in [6.07, 6.45) is 1.84. The van der Waals surface area contributed by atoms with E-state index in [0.29, 0.717) is 0 Å². The van der Waals surface area contributed by atoms with Gasteiger partial charge in [-0.3, -0.25) is 4.98 Å². The fourth-order valence-electron chi connectivity index (χ4n) is 1.95. The lowest BCUT2D eigenvalue weighted by Gasteiger charge is -2.22. The van der Waals surface area contributed by atoms with E-state index in [9.17, 15) is 0 Å². The number of benzene rings is 1. The lowest BCUT2D eigenvalue weighted by Crippen LogP contribution is -2.22. The quantitative estimate of drug-likeness (QED) is 0.805. The lowest BCUT2D eigenvalue weighted by molar-refractivity contribution is 0.870. The summed E-state index contributed by atoms with van der Waals surface area (Å²) in [7, 11) is 0. The van der Waals surface area contributed by atoms with Gasteiger partial charge in [0.05, 0.1) is 5.52 Å². The molecule has 0 N–H and O–H groups in total. The van der Waals surface area contributed by atoms with Gasteiger partial charge in [0.2, 0.25) is 0 Å². The van der Waals surface area contributed by atoms with Gasteiger partial charge in [-0.05, 0) is 38.1 Å². The molecular weight excluding hydrogens is 220 g/mol. The highest BCUT2D eigenvalue weighted by atomic mass is 35.5. The minimum atomic E-state index is 0.733. The summed E-state index contributed by atoms with van der Waals surface area (Å²) in [6, 6.07) is 7.92. The normalized spacial score (nSPS) is 10.7. The van der Waals surface area contributed by atoms with Gasteiger partial charge in [-0.15, -0.1) is 0 Å². The fraction of sp³-hybridized carbons (Fsp3) is 0.308. The first kappa shape index (κ1) is 11.2. The Morgan fingerprint density at radius 3 is 2.62 bits per heavy atom. The van der Waals surface area contributed by atoms with Crippen LogP contribution >= 0.6 is 11.6 Å². The molecule has 2 rings (SSSR count). The third-order valence-corrected chi connectivity index (χ3v) is 3.02. The summed E-state index contributed by atoms with van der Waals surface area (Å²) >= 11 is 5.96. The lowest BCUT2D eigenvalue weighted by atomic mass is 10.1. The molecule has 0 spiro atoms. The van der Waals surface area contributed by atoms with Crippen LogP contribution in [0.2, 0.25) is 5.02 Å². The van der Waals surface area contributed by atoms with E-state index in [1.165, 1.54) is 5.69 Å². The summed E-state index contributed by atoms with van der Waals surface area (Å²) in [6.45, 7) is 6.31. The number of pyridine rings is 1. The van der Waals surface area contributed by atoms with Gasteiger partial charge in [-0.25, -0.2) is 0 Å². The summed E-state index contributed by atoms with van der Waals surface area (Å²) in [5.41, 5.74) is 2.18. The van der Waals surface area contributed by atoms with Crippen LogP contribution < -0.4 is 4.90 Å². The van der Waals surface area contributed by atoms with Crippen molar-refractivity contribution in [2.24, 2.45) is 0 Å². The van der Waals surface area contributed by atoms with Crippen molar-refractivity contribution in [3.63, 3.8) is 0 Å². The molecular formula is C13H15ClN2. The molecule has 0 amide bonds. The van der Waals surface area contributed by atoms with E-state index >= 15 is 0 Å². The summed E-state index contributed by atoms with van der Waals surface area (Å²) in [5.74, 6) is 0. The zero-order chi connectivity index (χ0) is 11.5. The van der Waals surface area contributed by atoms with Crippen molar-refractivity contribution in [2.45, 2.75) is 13.8 Å². The van der Waals surface area contributed by atoms with Crippen LogP contribution in [0.15, 0.2) is 30.5 Å². The second kappa shape index (κ2) is 4.71. The zero-order valence-electron chi connectivity index (χ0n) is 9.57. The molecule has 0 unspecified atom stereocenters. The molecule has 0 aliphatic carbocycles. The Balaban J connectivity index is 2.61. The van der Waals surface area contributed by atoms with E-state index in [4.69, 9.17) is 11.6 Å². The topological polar surface area (TPSA) is 16.1 Å². The highest BCUT2D eigenvalue weighted by Gasteiger charge is 2.07. The summed E-state index contributed by atoms with van der Waals surface area (Å²) in [4.78, 5) is 6.66. The second-order valence-electron chi connectivity index (χ2n) is 3.66. The predicted octanol–water partition coefficient (Wildman–Crippen LogP) is 3.73. The second-order valence-corrected chi connectivity index (χ2v) is 4.10. The third kappa shape index (κ3) is 1.98. The van der Waals surface area contributed by atoms with Crippen LogP contribution in [-0.2, 0) is 0 Å². The molecule has 0 saturated heterocycles. The third-order valence-electron chi connectivity index (χ3n) is 2.79. The molecule has 1 heterocycles. The summed E-state index contributed by atoms with van der Waals surface area (Å²) in [5, 5.41) is 1.90. The number of nitrogens with zero attached hydrogens (tertiary/aromatic N) is 2. The molecule has 0 radical (unpaired) electrons. The largest absolute Gasteiger partial charge is 0.371 e. The highest BCUT2D eigenvalue weighted by molar-refractivity contribution is 6.31. The van der Waals surface area contributed by atoms with Crippen molar-refractivity contribution >= 4 is 28.2 Å². The van der Waals surface area contributed by atoms with Crippen LogP contribution in [0.1, 0.15) is 13.8 Å².